The second-order valence-electron chi connectivity index (χ2n) is 7.49. The predicted octanol–water partition coefficient (Wildman–Crippen LogP) is 7.22. The Bertz CT molecular complexity index is 309. The summed E-state index contributed by atoms with van der Waals surface area (Å²) in [5, 5.41) is 0. The van der Waals surface area contributed by atoms with Crippen LogP contribution in [0.2, 0.25) is 0 Å². The van der Waals surface area contributed by atoms with Gasteiger partial charge in [-0.3, -0.25) is 0 Å². The normalized spacial score (nSPS) is 12.1. The van der Waals surface area contributed by atoms with Crippen LogP contribution >= 0.6 is 0 Å². The molecule has 0 aromatic rings. The Labute approximate surface area is 151 Å². The zero-order valence-corrected chi connectivity index (χ0v) is 16.7. The topological polar surface area (TPSA) is 26.3 Å². The summed E-state index contributed by atoms with van der Waals surface area (Å²) in [5.74, 6) is 0.671. The lowest BCUT2D eigenvalue weighted by molar-refractivity contribution is -0.139. The first-order chi connectivity index (χ1) is 11.6. The molecule has 0 saturated heterocycles. The lowest BCUT2D eigenvalue weighted by Crippen LogP contribution is -2.05. The highest BCUT2D eigenvalue weighted by Gasteiger charge is 2.02. The summed E-state index contributed by atoms with van der Waals surface area (Å²) in [6.45, 7) is 10.5. The van der Waals surface area contributed by atoms with Gasteiger partial charge in [0.2, 0.25) is 0 Å². The third-order valence-corrected chi connectivity index (χ3v) is 4.72. The highest BCUT2D eigenvalue weighted by molar-refractivity contribution is 5.86. The zero-order valence-electron chi connectivity index (χ0n) is 16.7. The first kappa shape index (κ1) is 23.2. The van der Waals surface area contributed by atoms with E-state index in [9.17, 15) is 4.79 Å². The molecule has 0 aliphatic heterocycles. The molecule has 0 aromatic carbocycles. The average molecular weight is 339 g/mol. The molecule has 0 N–H and O–H groups in total. The molecule has 0 amide bonds. The van der Waals surface area contributed by atoms with Gasteiger partial charge in [0, 0.05) is 5.57 Å². The van der Waals surface area contributed by atoms with E-state index < -0.39 is 0 Å². The van der Waals surface area contributed by atoms with Crippen molar-refractivity contribution in [2.24, 2.45) is 5.92 Å². The summed E-state index contributed by atoms with van der Waals surface area (Å²) in [5.41, 5.74) is 0.491. The van der Waals surface area contributed by atoms with Gasteiger partial charge in [-0.2, -0.15) is 0 Å². The van der Waals surface area contributed by atoms with Crippen LogP contribution in [0, 0.1) is 5.92 Å². The Morgan fingerprint density at radius 1 is 0.833 bits per heavy atom. The Morgan fingerprint density at radius 3 is 1.79 bits per heavy atom. The fraction of sp³-hybridized carbons (Fsp3) is 0.864. The van der Waals surface area contributed by atoms with Gasteiger partial charge in [-0.15, -0.1) is 0 Å². The molecule has 0 saturated carbocycles. The van der Waals surface area contributed by atoms with Crippen molar-refractivity contribution in [3.05, 3.63) is 12.2 Å². The SMILES string of the molecule is C=C(C)C(=O)OCCCCCCCCCCCC(C)CCCCC. The molecule has 0 heterocycles. The molecule has 2 nitrogen and oxygen atoms in total. The van der Waals surface area contributed by atoms with Gasteiger partial charge in [0.25, 0.3) is 0 Å². The number of ether oxygens (including phenoxy) is 1. The van der Waals surface area contributed by atoms with Gasteiger partial charge >= 0.3 is 5.97 Å². The number of carbonyl (C=O) groups excluding carboxylic acids is 1. The lowest BCUT2D eigenvalue weighted by atomic mass is 9.96. The van der Waals surface area contributed by atoms with Crippen LogP contribution in [0.25, 0.3) is 0 Å². The van der Waals surface area contributed by atoms with Crippen molar-refractivity contribution in [2.45, 2.75) is 111 Å². The summed E-state index contributed by atoms with van der Waals surface area (Å²) in [4.78, 5) is 11.2. The first-order valence-electron chi connectivity index (χ1n) is 10.4. The molecule has 0 fully saturated rings. The van der Waals surface area contributed by atoms with Gasteiger partial charge in [-0.25, -0.2) is 4.79 Å². The van der Waals surface area contributed by atoms with Crippen molar-refractivity contribution in [1.82, 2.24) is 0 Å². The van der Waals surface area contributed by atoms with Crippen LogP contribution in [-0.2, 0) is 9.53 Å². The summed E-state index contributed by atoms with van der Waals surface area (Å²) < 4.78 is 5.09. The van der Waals surface area contributed by atoms with Crippen molar-refractivity contribution in [3.63, 3.8) is 0 Å². The Balaban J connectivity index is 3.17. The van der Waals surface area contributed by atoms with Gasteiger partial charge in [-0.05, 0) is 19.3 Å². The van der Waals surface area contributed by atoms with Crippen LogP contribution in [0.4, 0.5) is 0 Å². The van der Waals surface area contributed by atoms with Crippen molar-refractivity contribution >= 4 is 5.97 Å². The number of rotatable bonds is 17. The van der Waals surface area contributed by atoms with Crippen LogP contribution in [0.15, 0.2) is 12.2 Å². The molecule has 2 heteroatoms. The molecule has 0 radical (unpaired) electrons. The quantitative estimate of drug-likeness (QED) is 0.159. The average Bonchev–Trinajstić information content (AvgIpc) is 2.55. The van der Waals surface area contributed by atoms with E-state index in [0.717, 1.165) is 12.3 Å². The van der Waals surface area contributed by atoms with Gasteiger partial charge in [-0.1, -0.05) is 104 Å². The lowest BCUT2D eigenvalue weighted by Gasteiger charge is -2.10. The zero-order chi connectivity index (χ0) is 18.0. The Kier molecular flexibility index (Phi) is 16.5. The molecule has 0 spiro atoms. The monoisotopic (exact) mass is 338 g/mol. The smallest absolute Gasteiger partial charge is 0.333 e. The molecule has 0 bridgehead atoms. The van der Waals surface area contributed by atoms with E-state index in [1.807, 2.05) is 0 Å². The maximum atomic E-state index is 11.2. The first-order valence-corrected chi connectivity index (χ1v) is 10.4. The predicted molar refractivity (Wildman–Crippen MR) is 105 cm³/mol. The van der Waals surface area contributed by atoms with Gasteiger partial charge in [0.05, 0.1) is 6.61 Å². The summed E-state index contributed by atoms with van der Waals surface area (Å²) in [7, 11) is 0. The minimum Gasteiger partial charge on any atom is -0.462 e. The van der Waals surface area contributed by atoms with Crippen LogP contribution in [-0.4, -0.2) is 12.6 Å². The third-order valence-electron chi connectivity index (χ3n) is 4.72. The molecule has 0 aliphatic rings. The Hall–Kier alpha value is -0.790. The number of unbranched alkanes of at least 4 members (excludes halogenated alkanes) is 10. The van der Waals surface area contributed by atoms with Crippen LogP contribution < -0.4 is 0 Å². The number of esters is 1. The fourth-order valence-electron chi connectivity index (χ4n) is 3.01. The van der Waals surface area contributed by atoms with Crippen LogP contribution in [0.5, 0.6) is 0 Å². The molecule has 1 unspecified atom stereocenters. The van der Waals surface area contributed by atoms with Crippen molar-refractivity contribution in [1.29, 1.82) is 0 Å². The van der Waals surface area contributed by atoms with Crippen molar-refractivity contribution < 1.29 is 9.53 Å². The second-order valence-corrected chi connectivity index (χ2v) is 7.49. The number of hydrogen-bond acceptors (Lipinski definition) is 2. The van der Waals surface area contributed by atoms with Crippen molar-refractivity contribution in [3.8, 4) is 0 Å². The molecular formula is C22H42O2. The summed E-state index contributed by atoms with van der Waals surface area (Å²) >= 11 is 0. The van der Waals surface area contributed by atoms with E-state index in [2.05, 4.69) is 20.4 Å². The second kappa shape index (κ2) is 17.0. The minimum absolute atomic E-state index is 0.255. The van der Waals surface area contributed by atoms with Gasteiger partial charge in [0.15, 0.2) is 0 Å². The standard InChI is InChI=1S/C22H42O2/c1-5-6-14-17-21(4)18-15-12-10-8-7-9-11-13-16-19-24-22(23)20(2)3/h21H,2,5-19H2,1,3-4H3. The largest absolute Gasteiger partial charge is 0.462 e. The molecule has 142 valence electrons. The van der Waals surface area contributed by atoms with E-state index in [1.54, 1.807) is 6.92 Å². The van der Waals surface area contributed by atoms with E-state index >= 15 is 0 Å². The van der Waals surface area contributed by atoms with Crippen molar-refractivity contribution in [2.75, 3.05) is 6.61 Å². The minimum atomic E-state index is -0.255. The van der Waals surface area contributed by atoms with E-state index in [4.69, 9.17) is 4.74 Å². The summed E-state index contributed by atoms with van der Waals surface area (Å²) in [6, 6.07) is 0. The number of hydrogen-bond donors (Lipinski definition) is 0. The van der Waals surface area contributed by atoms with Crippen LogP contribution in [0.3, 0.4) is 0 Å². The number of carbonyl (C=O) groups is 1. The molecule has 24 heavy (non-hydrogen) atoms. The van der Waals surface area contributed by atoms with E-state index in [-0.39, 0.29) is 5.97 Å². The maximum Gasteiger partial charge on any atom is 0.333 e. The van der Waals surface area contributed by atoms with Crippen LogP contribution in [0.1, 0.15) is 111 Å². The van der Waals surface area contributed by atoms with Gasteiger partial charge in [0.1, 0.15) is 0 Å². The van der Waals surface area contributed by atoms with E-state index in [0.29, 0.717) is 12.2 Å². The molecule has 0 rings (SSSR count). The van der Waals surface area contributed by atoms with Gasteiger partial charge < -0.3 is 4.74 Å². The molecule has 0 aromatic heterocycles. The van der Waals surface area contributed by atoms with E-state index in [1.165, 1.54) is 83.5 Å². The highest BCUT2D eigenvalue weighted by Crippen LogP contribution is 2.17. The fourth-order valence-corrected chi connectivity index (χ4v) is 3.01. The highest BCUT2D eigenvalue weighted by atomic mass is 16.5. The molecular weight excluding hydrogens is 296 g/mol. The maximum absolute atomic E-state index is 11.2. The third kappa shape index (κ3) is 16.1. The Morgan fingerprint density at radius 2 is 1.29 bits per heavy atom. The summed E-state index contributed by atoms with van der Waals surface area (Å²) in [6.07, 6.45) is 18.7. The molecule has 0 aliphatic carbocycles. The molecule has 1 atom stereocenters.